The van der Waals surface area contributed by atoms with Crippen LogP contribution in [0.15, 0.2) is 0 Å². The number of alkyl carbamates (subject to hydrolysis) is 1. The van der Waals surface area contributed by atoms with Crippen LogP contribution in [0.3, 0.4) is 0 Å². The number of ether oxygens (including phenoxy) is 1. The SMILES string of the molecule is CCC(CNC1CCCC1C1CCCN1)NC(=O)OC(C)(C)C. The number of hydrogen-bond donors (Lipinski definition) is 3. The number of amides is 1. The van der Waals surface area contributed by atoms with E-state index in [1.54, 1.807) is 0 Å². The number of hydrogen-bond acceptors (Lipinski definition) is 4. The summed E-state index contributed by atoms with van der Waals surface area (Å²) in [7, 11) is 0. The molecule has 134 valence electrons. The summed E-state index contributed by atoms with van der Waals surface area (Å²) in [5.74, 6) is 0.747. The molecule has 2 fully saturated rings. The summed E-state index contributed by atoms with van der Waals surface area (Å²) in [6.45, 7) is 9.78. The molecule has 0 aromatic heterocycles. The molecule has 0 radical (unpaired) electrons. The van der Waals surface area contributed by atoms with Gasteiger partial charge < -0.3 is 20.7 Å². The van der Waals surface area contributed by atoms with E-state index in [4.69, 9.17) is 4.74 Å². The average molecular weight is 325 g/mol. The van der Waals surface area contributed by atoms with Crippen LogP contribution in [0.25, 0.3) is 0 Å². The highest BCUT2D eigenvalue weighted by molar-refractivity contribution is 5.68. The molecule has 1 amide bonds. The topological polar surface area (TPSA) is 62.4 Å². The van der Waals surface area contributed by atoms with Crippen molar-refractivity contribution in [1.82, 2.24) is 16.0 Å². The van der Waals surface area contributed by atoms with Crippen LogP contribution in [0.4, 0.5) is 4.79 Å². The zero-order chi connectivity index (χ0) is 16.9. The Bertz CT molecular complexity index is 375. The van der Waals surface area contributed by atoms with Gasteiger partial charge in [0.1, 0.15) is 5.60 Å². The van der Waals surface area contributed by atoms with Crippen molar-refractivity contribution in [3.8, 4) is 0 Å². The standard InChI is InChI=1S/C18H35N3O2/c1-5-13(21-17(22)23-18(2,3)4)12-20-16-9-6-8-14(16)15-10-7-11-19-15/h13-16,19-20H,5-12H2,1-4H3,(H,21,22). The van der Waals surface area contributed by atoms with Gasteiger partial charge in [-0.15, -0.1) is 0 Å². The first-order chi connectivity index (χ1) is 10.9. The Morgan fingerprint density at radius 3 is 2.65 bits per heavy atom. The summed E-state index contributed by atoms with van der Waals surface area (Å²) >= 11 is 0. The average Bonchev–Trinajstić information content (AvgIpc) is 3.11. The van der Waals surface area contributed by atoms with Crippen LogP contribution in [-0.2, 0) is 4.74 Å². The molecule has 1 heterocycles. The van der Waals surface area contributed by atoms with Gasteiger partial charge in [-0.3, -0.25) is 0 Å². The Hall–Kier alpha value is -0.810. The minimum atomic E-state index is -0.444. The molecule has 23 heavy (non-hydrogen) atoms. The molecule has 0 spiro atoms. The van der Waals surface area contributed by atoms with Gasteiger partial charge in [0, 0.05) is 24.7 Å². The molecule has 1 saturated heterocycles. The summed E-state index contributed by atoms with van der Waals surface area (Å²) < 4.78 is 5.36. The van der Waals surface area contributed by atoms with Crippen molar-refractivity contribution in [1.29, 1.82) is 0 Å². The zero-order valence-corrected chi connectivity index (χ0v) is 15.3. The maximum absolute atomic E-state index is 11.9. The van der Waals surface area contributed by atoms with E-state index in [1.807, 2.05) is 20.8 Å². The maximum Gasteiger partial charge on any atom is 0.407 e. The second kappa shape index (κ2) is 8.34. The molecule has 5 heteroatoms. The Kier molecular flexibility index (Phi) is 6.72. The monoisotopic (exact) mass is 325 g/mol. The lowest BCUT2D eigenvalue weighted by Crippen LogP contribution is -2.49. The molecule has 2 aliphatic rings. The van der Waals surface area contributed by atoms with Gasteiger partial charge in [0.25, 0.3) is 0 Å². The molecular weight excluding hydrogens is 290 g/mol. The van der Waals surface area contributed by atoms with E-state index in [2.05, 4.69) is 22.9 Å². The van der Waals surface area contributed by atoms with Crippen LogP contribution >= 0.6 is 0 Å². The lowest BCUT2D eigenvalue weighted by atomic mass is 9.93. The first-order valence-corrected chi connectivity index (χ1v) is 9.35. The maximum atomic E-state index is 11.9. The molecule has 1 aliphatic carbocycles. The van der Waals surface area contributed by atoms with Crippen molar-refractivity contribution in [2.45, 2.75) is 89.9 Å². The quantitative estimate of drug-likeness (QED) is 0.703. The molecule has 3 N–H and O–H groups in total. The van der Waals surface area contributed by atoms with Crippen LogP contribution in [0.1, 0.15) is 66.2 Å². The highest BCUT2D eigenvalue weighted by atomic mass is 16.6. The van der Waals surface area contributed by atoms with Crippen LogP contribution in [0.5, 0.6) is 0 Å². The molecule has 2 rings (SSSR count). The fourth-order valence-electron chi connectivity index (χ4n) is 3.87. The number of rotatable bonds is 6. The molecule has 1 saturated carbocycles. The normalized spacial score (nSPS) is 29.5. The minimum absolute atomic E-state index is 0.127. The highest BCUT2D eigenvalue weighted by Gasteiger charge is 2.34. The molecule has 0 aromatic rings. The van der Waals surface area contributed by atoms with Crippen LogP contribution in [-0.4, -0.2) is 42.9 Å². The highest BCUT2D eigenvalue weighted by Crippen LogP contribution is 2.31. The third-order valence-electron chi connectivity index (χ3n) is 5.02. The van der Waals surface area contributed by atoms with Gasteiger partial charge in [0.05, 0.1) is 0 Å². The van der Waals surface area contributed by atoms with Gasteiger partial charge in [-0.2, -0.15) is 0 Å². The van der Waals surface area contributed by atoms with E-state index in [9.17, 15) is 4.79 Å². The van der Waals surface area contributed by atoms with Crippen molar-refractivity contribution in [2.75, 3.05) is 13.1 Å². The van der Waals surface area contributed by atoms with Crippen LogP contribution < -0.4 is 16.0 Å². The summed E-state index contributed by atoms with van der Waals surface area (Å²) in [4.78, 5) is 11.9. The van der Waals surface area contributed by atoms with E-state index in [0.29, 0.717) is 12.1 Å². The van der Waals surface area contributed by atoms with E-state index < -0.39 is 5.60 Å². The van der Waals surface area contributed by atoms with Crippen molar-refractivity contribution >= 4 is 6.09 Å². The molecule has 5 nitrogen and oxygen atoms in total. The van der Waals surface area contributed by atoms with Crippen molar-refractivity contribution in [3.05, 3.63) is 0 Å². The molecule has 1 aliphatic heterocycles. The first kappa shape index (κ1) is 18.5. The van der Waals surface area contributed by atoms with Gasteiger partial charge in [0.15, 0.2) is 0 Å². The van der Waals surface area contributed by atoms with E-state index in [-0.39, 0.29) is 12.1 Å². The minimum Gasteiger partial charge on any atom is -0.444 e. The first-order valence-electron chi connectivity index (χ1n) is 9.35. The summed E-state index contributed by atoms with van der Waals surface area (Å²) in [6, 6.07) is 1.40. The fraction of sp³-hybridized carbons (Fsp3) is 0.944. The Balaban J connectivity index is 1.76. The van der Waals surface area contributed by atoms with Crippen molar-refractivity contribution in [3.63, 3.8) is 0 Å². The van der Waals surface area contributed by atoms with Crippen molar-refractivity contribution in [2.24, 2.45) is 5.92 Å². The van der Waals surface area contributed by atoms with Gasteiger partial charge >= 0.3 is 6.09 Å². The number of carbonyl (C=O) groups is 1. The van der Waals surface area contributed by atoms with Gasteiger partial charge in [-0.1, -0.05) is 13.3 Å². The van der Waals surface area contributed by atoms with Gasteiger partial charge in [0.2, 0.25) is 0 Å². The Labute approximate surface area is 141 Å². The fourth-order valence-corrected chi connectivity index (χ4v) is 3.87. The zero-order valence-electron chi connectivity index (χ0n) is 15.3. The molecule has 0 aromatic carbocycles. The molecule has 0 bridgehead atoms. The molecular formula is C18H35N3O2. The van der Waals surface area contributed by atoms with E-state index in [1.165, 1.54) is 38.6 Å². The lowest BCUT2D eigenvalue weighted by molar-refractivity contribution is 0.0501. The Morgan fingerprint density at radius 2 is 2.04 bits per heavy atom. The molecule has 4 unspecified atom stereocenters. The predicted octanol–water partition coefficient (Wildman–Crippen LogP) is 2.80. The third kappa shape index (κ3) is 5.96. The van der Waals surface area contributed by atoms with E-state index >= 15 is 0 Å². The summed E-state index contributed by atoms with van der Waals surface area (Å²) in [5.41, 5.74) is -0.444. The number of carbonyl (C=O) groups excluding carboxylic acids is 1. The van der Waals surface area contributed by atoms with Gasteiger partial charge in [-0.25, -0.2) is 4.79 Å². The third-order valence-corrected chi connectivity index (χ3v) is 5.02. The second-order valence-corrected chi connectivity index (χ2v) is 8.06. The van der Waals surface area contributed by atoms with Crippen LogP contribution in [0, 0.1) is 5.92 Å². The van der Waals surface area contributed by atoms with Crippen molar-refractivity contribution < 1.29 is 9.53 Å². The second-order valence-electron chi connectivity index (χ2n) is 8.06. The van der Waals surface area contributed by atoms with E-state index in [0.717, 1.165) is 18.9 Å². The summed E-state index contributed by atoms with van der Waals surface area (Å²) in [5, 5.41) is 10.4. The van der Waals surface area contributed by atoms with Crippen LogP contribution in [0.2, 0.25) is 0 Å². The van der Waals surface area contributed by atoms with Gasteiger partial charge in [-0.05, 0) is 65.3 Å². The molecule has 4 atom stereocenters. The predicted molar refractivity (Wildman–Crippen MR) is 93.6 cm³/mol. The Morgan fingerprint density at radius 1 is 1.26 bits per heavy atom. The largest absolute Gasteiger partial charge is 0.444 e. The summed E-state index contributed by atoms with van der Waals surface area (Å²) in [6.07, 6.45) is 7.12. The number of nitrogens with one attached hydrogen (secondary N) is 3. The smallest absolute Gasteiger partial charge is 0.407 e. The lowest BCUT2D eigenvalue weighted by Gasteiger charge is -2.29.